The summed E-state index contributed by atoms with van der Waals surface area (Å²) in [6.45, 7) is 2.05. The summed E-state index contributed by atoms with van der Waals surface area (Å²) in [5.41, 5.74) is 0.0629. The molecule has 2 aliphatic carbocycles. The van der Waals surface area contributed by atoms with E-state index in [0.29, 0.717) is 29.3 Å². The predicted molar refractivity (Wildman–Crippen MR) is 88.9 cm³/mol. The highest BCUT2D eigenvalue weighted by atomic mass is 35.5. The maximum Gasteiger partial charge on any atom is 0.326 e. The molecule has 2 aliphatic rings. The fourth-order valence-electron chi connectivity index (χ4n) is 3.03. The SMILES string of the molecule is CC1(CC(NC(=O)C2(c3ccc(Cl)cc3Cl)CC2)C(=O)O)CC1. The molecule has 1 atom stereocenters. The third-order valence-electron chi connectivity index (χ3n) is 5.04. The lowest BCUT2D eigenvalue weighted by Crippen LogP contribution is -2.46. The van der Waals surface area contributed by atoms with Crippen LogP contribution < -0.4 is 5.32 Å². The number of aliphatic carboxylic acids is 1. The fraction of sp³-hybridized carbons (Fsp3) is 0.529. The molecule has 6 heteroatoms. The van der Waals surface area contributed by atoms with E-state index in [2.05, 4.69) is 12.2 Å². The zero-order chi connectivity index (χ0) is 16.8. The van der Waals surface area contributed by atoms with Crippen molar-refractivity contribution in [3.63, 3.8) is 0 Å². The topological polar surface area (TPSA) is 66.4 Å². The van der Waals surface area contributed by atoms with E-state index in [4.69, 9.17) is 23.2 Å². The number of amides is 1. The summed E-state index contributed by atoms with van der Waals surface area (Å²) in [5.74, 6) is -1.23. The average Bonchev–Trinajstić information content (AvgIpc) is 3.36. The molecule has 1 aromatic rings. The van der Waals surface area contributed by atoms with Crippen molar-refractivity contribution >= 4 is 35.1 Å². The monoisotopic (exact) mass is 355 g/mol. The van der Waals surface area contributed by atoms with Gasteiger partial charge >= 0.3 is 5.97 Å². The molecule has 0 saturated heterocycles. The molecule has 3 rings (SSSR count). The highest BCUT2D eigenvalue weighted by molar-refractivity contribution is 6.35. The lowest BCUT2D eigenvalue weighted by atomic mass is 9.93. The van der Waals surface area contributed by atoms with E-state index in [-0.39, 0.29) is 11.3 Å². The number of carboxylic acids is 1. The molecular weight excluding hydrogens is 337 g/mol. The Labute approximate surface area is 145 Å². The zero-order valence-corrected chi connectivity index (χ0v) is 14.4. The molecule has 0 aromatic heterocycles. The molecule has 1 unspecified atom stereocenters. The number of hydrogen-bond acceptors (Lipinski definition) is 2. The van der Waals surface area contributed by atoms with Crippen LogP contribution in [0.2, 0.25) is 10.0 Å². The summed E-state index contributed by atoms with van der Waals surface area (Å²) in [7, 11) is 0. The van der Waals surface area contributed by atoms with Crippen LogP contribution in [0.1, 0.15) is 44.6 Å². The van der Waals surface area contributed by atoms with Crippen LogP contribution >= 0.6 is 23.2 Å². The van der Waals surface area contributed by atoms with Gasteiger partial charge in [-0.1, -0.05) is 36.2 Å². The Kier molecular flexibility index (Phi) is 4.09. The molecule has 124 valence electrons. The minimum atomic E-state index is -0.982. The number of carbonyl (C=O) groups is 2. The smallest absolute Gasteiger partial charge is 0.326 e. The molecule has 0 bridgehead atoms. The van der Waals surface area contributed by atoms with Gasteiger partial charge in [-0.25, -0.2) is 4.79 Å². The first-order valence-corrected chi connectivity index (χ1v) is 8.51. The van der Waals surface area contributed by atoms with Gasteiger partial charge in [0, 0.05) is 10.0 Å². The van der Waals surface area contributed by atoms with Crippen molar-refractivity contribution in [3.05, 3.63) is 33.8 Å². The number of carboxylic acid groups (broad SMARTS) is 1. The summed E-state index contributed by atoms with van der Waals surface area (Å²) in [5, 5.41) is 13.1. The van der Waals surface area contributed by atoms with Crippen molar-refractivity contribution in [2.75, 3.05) is 0 Å². The van der Waals surface area contributed by atoms with E-state index in [1.807, 2.05) is 0 Å². The second-order valence-corrected chi connectivity index (χ2v) is 7.93. The Balaban J connectivity index is 1.77. The molecule has 2 saturated carbocycles. The van der Waals surface area contributed by atoms with E-state index < -0.39 is 17.4 Å². The molecule has 2 fully saturated rings. The Morgan fingerprint density at radius 1 is 1.26 bits per heavy atom. The third kappa shape index (κ3) is 3.33. The molecule has 4 nitrogen and oxygen atoms in total. The van der Waals surface area contributed by atoms with E-state index in [9.17, 15) is 14.7 Å². The average molecular weight is 356 g/mol. The molecular formula is C17H19Cl2NO3. The van der Waals surface area contributed by atoms with Gasteiger partial charge in [0.05, 0.1) is 5.41 Å². The number of halogens is 2. The molecule has 0 heterocycles. The fourth-order valence-corrected chi connectivity index (χ4v) is 3.62. The summed E-state index contributed by atoms with van der Waals surface area (Å²) < 4.78 is 0. The number of hydrogen-bond donors (Lipinski definition) is 2. The van der Waals surface area contributed by atoms with Gasteiger partial charge in [0.1, 0.15) is 6.04 Å². The molecule has 2 N–H and O–H groups in total. The lowest BCUT2D eigenvalue weighted by molar-refractivity contribution is -0.142. The first-order valence-electron chi connectivity index (χ1n) is 7.75. The summed E-state index contributed by atoms with van der Waals surface area (Å²) in [6.07, 6.45) is 3.84. The van der Waals surface area contributed by atoms with Crippen molar-refractivity contribution in [2.45, 2.75) is 50.5 Å². The quantitative estimate of drug-likeness (QED) is 0.815. The Morgan fingerprint density at radius 2 is 1.91 bits per heavy atom. The van der Waals surface area contributed by atoms with Crippen molar-refractivity contribution in [3.8, 4) is 0 Å². The van der Waals surface area contributed by atoms with Crippen LogP contribution in [0, 0.1) is 5.41 Å². The number of rotatable bonds is 6. The van der Waals surface area contributed by atoms with Crippen molar-refractivity contribution in [1.82, 2.24) is 5.32 Å². The Hall–Kier alpha value is -1.26. The van der Waals surface area contributed by atoms with Crippen molar-refractivity contribution < 1.29 is 14.7 Å². The van der Waals surface area contributed by atoms with Gasteiger partial charge in [-0.15, -0.1) is 0 Å². The standard InChI is InChI=1S/C17H19Cl2NO3/c1-16(4-5-16)9-13(14(21)22)20-15(23)17(6-7-17)11-3-2-10(18)8-12(11)19/h2-3,8,13H,4-7,9H2,1H3,(H,20,23)(H,21,22). The van der Waals surface area contributed by atoms with Gasteiger partial charge in [0.25, 0.3) is 0 Å². The summed E-state index contributed by atoms with van der Waals surface area (Å²) in [4.78, 5) is 24.2. The third-order valence-corrected chi connectivity index (χ3v) is 5.58. The van der Waals surface area contributed by atoms with Gasteiger partial charge in [-0.3, -0.25) is 4.79 Å². The van der Waals surface area contributed by atoms with Crippen LogP contribution in [0.3, 0.4) is 0 Å². The van der Waals surface area contributed by atoms with Crippen LogP contribution in [0.15, 0.2) is 18.2 Å². The first-order chi connectivity index (χ1) is 10.8. The zero-order valence-electron chi connectivity index (χ0n) is 12.9. The minimum absolute atomic E-state index is 0.0466. The number of benzene rings is 1. The van der Waals surface area contributed by atoms with Crippen LogP contribution in [-0.4, -0.2) is 23.0 Å². The Bertz CT molecular complexity index is 666. The van der Waals surface area contributed by atoms with Gasteiger partial charge in [-0.05, 0) is 55.2 Å². The molecule has 1 amide bonds. The molecule has 23 heavy (non-hydrogen) atoms. The van der Waals surface area contributed by atoms with E-state index >= 15 is 0 Å². The first kappa shape index (κ1) is 16.6. The van der Waals surface area contributed by atoms with Gasteiger partial charge < -0.3 is 10.4 Å². The summed E-state index contributed by atoms with van der Waals surface area (Å²) >= 11 is 12.1. The second kappa shape index (κ2) is 5.67. The van der Waals surface area contributed by atoms with E-state index in [1.165, 1.54) is 0 Å². The van der Waals surface area contributed by atoms with Gasteiger partial charge in [0.15, 0.2) is 0 Å². The van der Waals surface area contributed by atoms with E-state index in [1.54, 1.807) is 18.2 Å². The Morgan fingerprint density at radius 3 is 2.39 bits per heavy atom. The normalized spacial score (nSPS) is 21.3. The van der Waals surface area contributed by atoms with Gasteiger partial charge in [0.2, 0.25) is 5.91 Å². The molecule has 0 radical (unpaired) electrons. The van der Waals surface area contributed by atoms with Crippen LogP contribution in [-0.2, 0) is 15.0 Å². The number of nitrogens with one attached hydrogen (secondary N) is 1. The largest absolute Gasteiger partial charge is 0.480 e. The summed E-state index contributed by atoms with van der Waals surface area (Å²) in [6, 6.07) is 4.23. The lowest BCUT2D eigenvalue weighted by Gasteiger charge is -2.23. The van der Waals surface area contributed by atoms with Crippen molar-refractivity contribution in [1.29, 1.82) is 0 Å². The maximum atomic E-state index is 12.7. The van der Waals surface area contributed by atoms with Crippen LogP contribution in [0.4, 0.5) is 0 Å². The maximum absolute atomic E-state index is 12.7. The van der Waals surface area contributed by atoms with Gasteiger partial charge in [-0.2, -0.15) is 0 Å². The van der Waals surface area contributed by atoms with Crippen LogP contribution in [0.5, 0.6) is 0 Å². The second-order valence-electron chi connectivity index (χ2n) is 7.09. The molecule has 0 spiro atoms. The van der Waals surface area contributed by atoms with Crippen molar-refractivity contribution in [2.24, 2.45) is 5.41 Å². The highest BCUT2D eigenvalue weighted by Crippen LogP contribution is 2.52. The van der Waals surface area contributed by atoms with E-state index in [0.717, 1.165) is 18.4 Å². The molecule has 0 aliphatic heterocycles. The molecule has 1 aromatic carbocycles. The van der Waals surface area contributed by atoms with Crippen LogP contribution in [0.25, 0.3) is 0 Å². The highest BCUT2D eigenvalue weighted by Gasteiger charge is 2.53. The number of carbonyl (C=O) groups excluding carboxylic acids is 1. The predicted octanol–water partition coefficient (Wildman–Crippen LogP) is 3.78. The minimum Gasteiger partial charge on any atom is -0.480 e.